The van der Waals surface area contributed by atoms with E-state index in [1.807, 2.05) is 45.5 Å². The maximum absolute atomic E-state index is 13.9. The van der Waals surface area contributed by atoms with Gasteiger partial charge in [0.2, 0.25) is 5.91 Å². The Labute approximate surface area is 229 Å². The van der Waals surface area contributed by atoms with E-state index in [-0.39, 0.29) is 17.9 Å². The zero-order valence-electron chi connectivity index (χ0n) is 21.9. The number of ether oxygens (including phenoxy) is 1. The molecule has 2 fully saturated rings. The summed E-state index contributed by atoms with van der Waals surface area (Å²) in [7, 11) is 1.68. The first-order valence-corrected chi connectivity index (χ1v) is 14.2. The van der Waals surface area contributed by atoms with E-state index in [0.29, 0.717) is 30.9 Å². The molecule has 7 nitrogen and oxygen atoms in total. The van der Waals surface area contributed by atoms with Crippen LogP contribution in [0.1, 0.15) is 33.6 Å². The van der Waals surface area contributed by atoms with E-state index < -0.39 is 6.04 Å². The molecular weight excluding hydrogens is 496 g/mol. The number of amides is 2. The van der Waals surface area contributed by atoms with Gasteiger partial charge in [-0.2, -0.15) is 0 Å². The van der Waals surface area contributed by atoms with E-state index in [0.717, 1.165) is 43.9 Å². The summed E-state index contributed by atoms with van der Waals surface area (Å²) < 4.78 is 5.47. The predicted octanol–water partition coefficient (Wildman–Crippen LogP) is 3.86. The monoisotopic (exact) mass is 532 g/mol. The normalized spacial score (nSPS) is 19.9. The Bertz CT molecular complexity index is 1200. The van der Waals surface area contributed by atoms with Crippen molar-refractivity contribution in [1.82, 2.24) is 20.0 Å². The molecule has 2 amide bonds. The van der Waals surface area contributed by atoms with Crippen molar-refractivity contribution in [2.24, 2.45) is 0 Å². The average molecular weight is 533 g/mol. The molecule has 0 radical (unpaired) electrons. The summed E-state index contributed by atoms with van der Waals surface area (Å²) in [5, 5.41) is 5.30. The standard InChI is InChI=1S/C30H36N4O3S/c1-37-26-11-5-10-24(18-26)21-33(20-23-8-3-2-4-9-23)25-19-27(29(35)32-15-7-13-31-14-16-32)34(22-25)30(36)28-12-6-17-38-28/h2-6,8-12,17-18,25,27,31H,7,13-16,19-22H2,1H3. The lowest BCUT2D eigenvalue weighted by atomic mass is 10.1. The second-order valence-electron chi connectivity index (χ2n) is 10.0. The van der Waals surface area contributed by atoms with Gasteiger partial charge in [-0.3, -0.25) is 14.5 Å². The SMILES string of the molecule is COc1cccc(CN(Cc2ccccc2)C2CC(C(=O)N3CCCNCC3)N(C(=O)c3cccs3)C2)c1. The van der Waals surface area contributed by atoms with Gasteiger partial charge in [-0.05, 0) is 54.1 Å². The molecule has 0 saturated carbocycles. The van der Waals surface area contributed by atoms with E-state index in [2.05, 4.69) is 46.6 Å². The van der Waals surface area contributed by atoms with Crippen LogP contribution in [-0.2, 0) is 17.9 Å². The van der Waals surface area contributed by atoms with Crippen molar-refractivity contribution in [3.05, 3.63) is 88.1 Å². The van der Waals surface area contributed by atoms with Gasteiger partial charge in [0.1, 0.15) is 11.8 Å². The minimum Gasteiger partial charge on any atom is -0.497 e. The Kier molecular flexibility index (Phi) is 8.73. The number of carbonyl (C=O) groups excluding carboxylic acids is 2. The van der Waals surface area contributed by atoms with E-state index >= 15 is 0 Å². The second kappa shape index (κ2) is 12.6. The molecule has 0 aliphatic carbocycles. The minimum atomic E-state index is -0.462. The van der Waals surface area contributed by atoms with Gasteiger partial charge in [0.25, 0.3) is 5.91 Å². The van der Waals surface area contributed by atoms with Crippen LogP contribution in [0.15, 0.2) is 72.1 Å². The van der Waals surface area contributed by atoms with Crippen LogP contribution in [0.4, 0.5) is 0 Å². The summed E-state index contributed by atoms with van der Waals surface area (Å²) in [6.07, 6.45) is 1.55. The van der Waals surface area contributed by atoms with Gasteiger partial charge in [0.05, 0.1) is 12.0 Å². The number of hydrogen-bond acceptors (Lipinski definition) is 6. The van der Waals surface area contributed by atoms with Crippen molar-refractivity contribution in [3.63, 3.8) is 0 Å². The van der Waals surface area contributed by atoms with E-state index in [1.54, 1.807) is 7.11 Å². The molecule has 0 bridgehead atoms. The number of thiophene rings is 1. The Balaban J connectivity index is 1.43. The van der Waals surface area contributed by atoms with Gasteiger partial charge in [0, 0.05) is 45.3 Å². The van der Waals surface area contributed by atoms with Crippen LogP contribution in [-0.4, -0.2) is 78.4 Å². The third kappa shape index (κ3) is 6.26. The molecule has 2 aliphatic heterocycles. The summed E-state index contributed by atoms with van der Waals surface area (Å²) in [5.74, 6) is 0.850. The fourth-order valence-electron chi connectivity index (χ4n) is 5.49. The summed E-state index contributed by atoms with van der Waals surface area (Å²) in [4.78, 5) is 34.4. The topological polar surface area (TPSA) is 65.1 Å². The van der Waals surface area contributed by atoms with Crippen molar-refractivity contribution >= 4 is 23.2 Å². The number of carbonyl (C=O) groups is 2. The molecule has 2 atom stereocenters. The van der Waals surface area contributed by atoms with Gasteiger partial charge in [-0.25, -0.2) is 0 Å². The van der Waals surface area contributed by atoms with Gasteiger partial charge in [-0.1, -0.05) is 48.5 Å². The van der Waals surface area contributed by atoms with Gasteiger partial charge >= 0.3 is 0 Å². The molecule has 5 rings (SSSR count). The third-order valence-electron chi connectivity index (χ3n) is 7.47. The molecule has 1 N–H and O–H groups in total. The van der Waals surface area contributed by atoms with Crippen LogP contribution in [0.5, 0.6) is 5.75 Å². The Morgan fingerprint density at radius 2 is 1.82 bits per heavy atom. The average Bonchev–Trinajstić information content (AvgIpc) is 3.57. The van der Waals surface area contributed by atoms with Crippen molar-refractivity contribution in [2.75, 3.05) is 39.8 Å². The zero-order chi connectivity index (χ0) is 26.3. The first-order chi connectivity index (χ1) is 18.6. The highest BCUT2D eigenvalue weighted by atomic mass is 32.1. The van der Waals surface area contributed by atoms with Gasteiger partial charge < -0.3 is 19.9 Å². The van der Waals surface area contributed by atoms with Crippen molar-refractivity contribution < 1.29 is 14.3 Å². The Morgan fingerprint density at radius 3 is 2.61 bits per heavy atom. The highest BCUT2D eigenvalue weighted by Crippen LogP contribution is 2.30. The summed E-state index contributed by atoms with van der Waals surface area (Å²) in [6.45, 7) is 5.07. The number of methoxy groups -OCH3 is 1. The molecule has 2 aliphatic rings. The summed E-state index contributed by atoms with van der Waals surface area (Å²) in [5.41, 5.74) is 2.35. The van der Waals surface area contributed by atoms with Crippen molar-refractivity contribution in [2.45, 2.75) is 38.0 Å². The van der Waals surface area contributed by atoms with E-state index in [9.17, 15) is 9.59 Å². The molecule has 2 unspecified atom stereocenters. The van der Waals surface area contributed by atoms with Gasteiger partial charge in [-0.15, -0.1) is 11.3 Å². The smallest absolute Gasteiger partial charge is 0.264 e. The molecule has 3 aromatic rings. The highest BCUT2D eigenvalue weighted by Gasteiger charge is 2.43. The number of nitrogens with zero attached hydrogens (tertiary/aromatic N) is 3. The van der Waals surface area contributed by atoms with Crippen LogP contribution >= 0.6 is 11.3 Å². The lowest BCUT2D eigenvalue weighted by molar-refractivity contribution is -0.135. The van der Waals surface area contributed by atoms with Crippen LogP contribution in [0, 0.1) is 0 Å². The Morgan fingerprint density at radius 1 is 1.00 bits per heavy atom. The van der Waals surface area contributed by atoms with Crippen molar-refractivity contribution in [1.29, 1.82) is 0 Å². The van der Waals surface area contributed by atoms with E-state index in [4.69, 9.17) is 4.74 Å². The molecule has 0 spiro atoms. The number of nitrogens with one attached hydrogen (secondary N) is 1. The van der Waals surface area contributed by atoms with Crippen LogP contribution in [0.25, 0.3) is 0 Å². The lowest BCUT2D eigenvalue weighted by Crippen LogP contribution is -2.48. The van der Waals surface area contributed by atoms with Crippen LogP contribution < -0.4 is 10.1 Å². The quantitative estimate of drug-likeness (QED) is 0.477. The molecule has 38 heavy (non-hydrogen) atoms. The lowest BCUT2D eigenvalue weighted by Gasteiger charge is -2.29. The first kappa shape index (κ1) is 26.4. The third-order valence-corrected chi connectivity index (χ3v) is 8.33. The maximum Gasteiger partial charge on any atom is 0.264 e. The largest absolute Gasteiger partial charge is 0.497 e. The fraction of sp³-hybridized carbons (Fsp3) is 0.400. The van der Waals surface area contributed by atoms with Gasteiger partial charge in [0.15, 0.2) is 0 Å². The molecule has 2 aromatic carbocycles. The van der Waals surface area contributed by atoms with E-state index in [1.165, 1.54) is 16.9 Å². The number of hydrogen-bond donors (Lipinski definition) is 1. The Hall–Kier alpha value is -3.20. The molecule has 2 saturated heterocycles. The fourth-order valence-corrected chi connectivity index (χ4v) is 6.17. The van der Waals surface area contributed by atoms with Crippen LogP contribution in [0.2, 0.25) is 0 Å². The molecule has 3 heterocycles. The molecular formula is C30H36N4O3S. The van der Waals surface area contributed by atoms with Crippen molar-refractivity contribution in [3.8, 4) is 5.75 Å². The summed E-state index contributed by atoms with van der Waals surface area (Å²) in [6, 6.07) is 21.9. The predicted molar refractivity (Wildman–Crippen MR) is 150 cm³/mol. The molecule has 1 aromatic heterocycles. The number of rotatable bonds is 8. The number of likely N-dealkylation sites (tertiary alicyclic amines) is 1. The zero-order valence-corrected chi connectivity index (χ0v) is 22.7. The first-order valence-electron chi connectivity index (χ1n) is 13.4. The second-order valence-corrected chi connectivity index (χ2v) is 11.0. The highest BCUT2D eigenvalue weighted by molar-refractivity contribution is 7.12. The maximum atomic E-state index is 13.9. The molecule has 200 valence electrons. The summed E-state index contributed by atoms with van der Waals surface area (Å²) >= 11 is 1.44. The molecule has 8 heteroatoms. The minimum absolute atomic E-state index is 0.0457. The number of benzene rings is 2. The van der Waals surface area contributed by atoms with Crippen LogP contribution in [0.3, 0.4) is 0 Å².